The number of halogens is 2. The molecule has 1 amide bonds. The second kappa shape index (κ2) is 11.2. The topological polar surface area (TPSA) is 107 Å². The van der Waals surface area contributed by atoms with Crippen LogP contribution in [0.15, 0.2) is 36.7 Å². The van der Waals surface area contributed by atoms with E-state index < -0.39 is 35.7 Å². The van der Waals surface area contributed by atoms with Crippen molar-refractivity contribution >= 4 is 23.5 Å². The number of nitrogens with zero attached hydrogens (tertiary/aromatic N) is 4. The van der Waals surface area contributed by atoms with Crippen molar-refractivity contribution in [3.05, 3.63) is 53.6 Å². The summed E-state index contributed by atoms with van der Waals surface area (Å²) in [5, 5.41) is 6.74. The lowest BCUT2D eigenvalue weighted by Gasteiger charge is -2.27. The first-order valence-electron chi connectivity index (χ1n) is 12.4. The lowest BCUT2D eigenvalue weighted by Crippen LogP contribution is -2.34. The Balaban J connectivity index is 1.55. The molecule has 0 unspecified atom stereocenters. The lowest BCUT2D eigenvalue weighted by molar-refractivity contribution is 0.0513. The predicted octanol–water partition coefficient (Wildman–Crippen LogP) is 4.24. The monoisotopic (exact) mass is 531 g/mol. The van der Waals surface area contributed by atoms with E-state index >= 15 is 0 Å². The largest absolute Gasteiger partial charge is 0.491 e. The predicted molar refractivity (Wildman–Crippen MR) is 135 cm³/mol. The molecule has 1 fully saturated rings. The number of rotatable bonds is 8. The van der Waals surface area contributed by atoms with Crippen molar-refractivity contribution in [2.75, 3.05) is 31.2 Å². The number of hydrogen-bond donors (Lipinski definition) is 1. The van der Waals surface area contributed by atoms with Gasteiger partial charge in [-0.1, -0.05) is 0 Å². The van der Waals surface area contributed by atoms with E-state index in [4.69, 9.17) is 14.2 Å². The highest BCUT2D eigenvalue weighted by atomic mass is 19.1. The fraction of sp³-hybridized carbons (Fsp3) is 0.462. The molecule has 1 aromatic carbocycles. The Labute approximate surface area is 218 Å². The molecule has 0 spiro atoms. The molecule has 12 heteroatoms. The molecule has 38 heavy (non-hydrogen) atoms. The van der Waals surface area contributed by atoms with Crippen molar-refractivity contribution in [1.82, 2.24) is 19.9 Å². The highest BCUT2D eigenvalue weighted by molar-refractivity contribution is 5.95. The minimum atomic E-state index is -1.20. The number of esters is 1. The Morgan fingerprint density at radius 1 is 1.24 bits per heavy atom. The quantitative estimate of drug-likeness (QED) is 0.340. The van der Waals surface area contributed by atoms with Crippen molar-refractivity contribution in [3.8, 4) is 5.75 Å². The van der Waals surface area contributed by atoms with E-state index in [2.05, 4.69) is 15.4 Å². The van der Waals surface area contributed by atoms with Gasteiger partial charge < -0.3 is 24.4 Å². The number of carbonyl (C=O) groups is 2. The number of anilines is 1. The van der Waals surface area contributed by atoms with Gasteiger partial charge >= 0.3 is 12.1 Å². The van der Waals surface area contributed by atoms with E-state index in [-0.39, 0.29) is 43.9 Å². The maximum Gasteiger partial charge on any atom is 0.407 e. The molecule has 1 N–H and O–H groups in total. The Morgan fingerprint density at radius 3 is 2.76 bits per heavy atom. The summed E-state index contributed by atoms with van der Waals surface area (Å²) >= 11 is 0. The van der Waals surface area contributed by atoms with Crippen LogP contribution in [-0.4, -0.2) is 64.7 Å². The number of alkyl halides is 1. The van der Waals surface area contributed by atoms with Crippen LogP contribution in [-0.2, 0) is 9.47 Å². The van der Waals surface area contributed by atoms with Crippen LogP contribution in [0.2, 0.25) is 0 Å². The molecular formula is C26H31F2N5O5. The number of ether oxygens (including phenoxy) is 3. The average Bonchev–Trinajstić information content (AvgIpc) is 3.44. The van der Waals surface area contributed by atoms with Crippen LogP contribution in [0.1, 0.15) is 56.1 Å². The molecule has 3 aromatic rings. The number of alkyl carbamates (subject to hydrolysis) is 1. The van der Waals surface area contributed by atoms with Crippen LogP contribution in [0.4, 0.5) is 19.4 Å². The average molecular weight is 532 g/mol. The summed E-state index contributed by atoms with van der Waals surface area (Å²) in [6, 6.07) is 5.12. The third-order valence-corrected chi connectivity index (χ3v) is 5.75. The highest BCUT2D eigenvalue weighted by Gasteiger charge is 2.36. The summed E-state index contributed by atoms with van der Waals surface area (Å²) in [4.78, 5) is 30.5. The summed E-state index contributed by atoms with van der Waals surface area (Å²) < 4.78 is 46.7. The number of benzene rings is 1. The second-order valence-electron chi connectivity index (χ2n) is 9.79. The van der Waals surface area contributed by atoms with Gasteiger partial charge in [0.2, 0.25) is 0 Å². The molecule has 1 aliphatic rings. The van der Waals surface area contributed by atoms with E-state index in [1.54, 1.807) is 44.9 Å². The molecule has 2 atom stereocenters. The number of nitrogens with one attached hydrogen (secondary N) is 1. The first-order valence-corrected chi connectivity index (χ1v) is 12.4. The second-order valence-corrected chi connectivity index (χ2v) is 9.79. The Bertz CT molecular complexity index is 1310. The first kappa shape index (κ1) is 27.1. The van der Waals surface area contributed by atoms with E-state index in [1.165, 1.54) is 28.9 Å². The van der Waals surface area contributed by atoms with Gasteiger partial charge in [-0.15, -0.1) is 0 Å². The molecule has 0 aliphatic carbocycles. The van der Waals surface area contributed by atoms with Gasteiger partial charge in [-0.25, -0.2) is 27.9 Å². The van der Waals surface area contributed by atoms with Crippen molar-refractivity contribution in [2.24, 2.45) is 0 Å². The first-order chi connectivity index (χ1) is 18.1. The van der Waals surface area contributed by atoms with Gasteiger partial charge in [0.15, 0.2) is 5.65 Å². The summed E-state index contributed by atoms with van der Waals surface area (Å²) in [5.41, 5.74) is 0.275. The molecule has 3 heterocycles. The molecule has 0 bridgehead atoms. The maximum absolute atomic E-state index is 14.8. The van der Waals surface area contributed by atoms with Crippen LogP contribution >= 0.6 is 0 Å². The molecule has 1 aliphatic heterocycles. The van der Waals surface area contributed by atoms with E-state index in [1.807, 2.05) is 0 Å². The van der Waals surface area contributed by atoms with E-state index in [9.17, 15) is 18.4 Å². The zero-order valence-corrected chi connectivity index (χ0v) is 21.7. The van der Waals surface area contributed by atoms with E-state index in [0.29, 0.717) is 17.1 Å². The van der Waals surface area contributed by atoms with Gasteiger partial charge in [0.25, 0.3) is 0 Å². The Morgan fingerprint density at radius 2 is 2.03 bits per heavy atom. The van der Waals surface area contributed by atoms with Crippen molar-refractivity contribution < 1.29 is 32.6 Å². The van der Waals surface area contributed by atoms with Gasteiger partial charge in [-0.2, -0.15) is 5.10 Å². The SMILES string of the molecule is CCOC(=O)c1cnn2ccc(N3C[C@@H](F)C[C@@H]3c3cc(F)ccc3OCCNC(=O)OC(C)(C)C)nc12. The number of aromatic nitrogens is 3. The molecule has 10 nitrogen and oxygen atoms in total. The van der Waals surface area contributed by atoms with Crippen LogP contribution in [0.3, 0.4) is 0 Å². The summed E-state index contributed by atoms with van der Waals surface area (Å²) in [5.74, 6) is -0.297. The maximum atomic E-state index is 14.8. The molecular weight excluding hydrogens is 500 g/mol. The van der Waals surface area contributed by atoms with Crippen LogP contribution in [0, 0.1) is 5.82 Å². The van der Waals surface area contributed by atoms with E-state index in [0.717, 1.165) is 0 Å². The molecule has 2 aromatic heterocycles. The smallest absolute Gasteiger partial charge is 0.407 e. The van der Waals surface area contributed by atoms with Crippen molar-refractivity contribution in [3.63, 3.8) is 0 Å². The molecule has 204 valence electrons. The standard InChI is InChI=1S/C26H31F2N5O5/c1-5-36-24(34)19-14-30-33-10-8-22(31-23(19)33)32-15-17(28)13-20(32)18-12-16(27)6-7-21(18)37-11-9-29-25(35)38-26(2,3)4/h6-8,10,12,14,17,20H,5,9,11,13,15H2,1-4H3,(H,29,35)/t17-,20+/m0/s1. The molecule has 0 saturated carbocycles. The van der Waals surface area contributed by atoms with Gasteiger partial charge in [-0.3, -0.25) is 0 Å². The minimum absolute atomic E-state index is 0.0207. The fourth-order valence-electron chi connectivity index (χ4n) is 4.24. The zero-order valence-electron chi connectivity index (χ0n) is 21.7. The zero-order chi connectivity index (χ0) is 27.4. The van der Waals surface area contributed by atoms with Gasteiger partial charge in [0.05, 0.1) is 31.9 Å². The summed E-state index contributed by atoms with van der Waals surface area (Å²) in [6.45, 7) is 7.44. The fourth-order valence-corrected chi connectivity index (χ4v) is 4.24. The Kier molecular flexibility index (Phi) is 7.98. The number of amides is 1. The van der Waals surface area contributed by atoms with Crippen LogP contribution < -0.4 is 15.0 Å². The van der Waals surface area contributed by atoms with Gasteiger partial charge in [-0.05, 0) is 52.0 Å². The number of fused-ring (bicyclic) bond motifs is 1. The summed E-state index contributed by atoms with van der Waals surface area (Å²) in [6.07, 6.45) is 1.30. The van der Waals surface area contributed by atoms with Crippen molar-refractivity contribution in [1.29, 1.82) is 0 Å². The third kappa shape index (κ3) is 6.29. The number of carbonyl (C=O) groups excluding carboxylic acids is 2. The van der Waals surface area contributed by atoms with Crippen molar-refractivity contribution in [2.45, 2.75) is 51.9 Å². The lowest BCUT2D eigenvalue weighted by atomic mass is 10.0. The van der Waals surface area contributed by atoms with Crippen LogP contribution in [0.5, 0.6) is 5.75 Å². The van der Waals surface area contributed by atoms with Crippen LogP contribution in [0.25, 0.3) is 5.65 Å². The minimum Gasteiger partial charge on any atom is -0.491 e. The summed E-state index contributed by atoms with van der Waals surface area (Å²) in [7, 11) is 0. The Hall–Kier alpha value is -3.96. The highest BCUT2D eigenvalue weighted by Crippen LogP contribution is 2.41. The number of hydrogen-bond acceptors (Lipinski definition) is 8. The molecule has 1 saturated heterocycles. The van der Waals surface area contributed by atoms with Gasteiger partial charge in [0.1, 0.15) is 41.3 Å². The van der Waals surface area contributed by atoms with Gasteiger partial charge in [0, 0.05) is 18.2 Å². The molecule has 0 radical (unpaired) electrons. The third-order valence-electron chi connectivity index (χ3n) is 5.75. The molecule has 4 rings (SSSR count). The normalized spacial score (nSPS) is 17.5.